The number of carbonyl (C=O) groups is 1. The molecule has 0 bridgehead atoms. The van der Waals surface area contributed by atoms with Gasteiger partial charge < -0.3 is 10.6 Å². The van der Waals surface area contributed by atoms with Crippen molar-refractivity contribution in [2.24, 2.45) is 0 Å². The Morgan fingerprint density at radius 1 is 1.18 bits per heavy atom. The van der Waals surface area contributed by atoms with Crippen LogP contribution in [0.1, 0.15) is 30.2 Å². The van der Waals surface area contributed by atoms with Gasteiger partial charge in [0.2, 0.25) is 0 Å². The molecule has 0 aliphatic heterocycles. The molecule has 0 aliphatic carbocycles. The lowest BCUT2D eigenvalue weighted by Gasteiger charge is -2.12. The highest BCUT2D eigenvalue weighted by atomic mass is 35.5. The average molecular weight is 339 g/mol. The number of aromatic nitrogens is 2. The predicted octanol–water partition coefficient (Wildman–Crippen LogP) is 4.16. The second-order valence-electron chi connectivity index (χ2n) is 5.06. The van der Waals surface area contributed by atoms with Gasteiger partial charge in [-0.15, -0.1) is 0 Å². The number of hydrogen-bond donors (Lipinski definition) is 2. The van der Waals surface area contributed by atoms with Crippen molar-refractivity contribution in [3.63, 3.8) is 0 Å². The molecule has 2 aromatic rings. The van der Waals surface area contributed by atoms with Crippen LogP contribution in [-0.4, -0.2) is 21.9 Å². The summed E-state index contributed by atoms with van der Waals surface area (Å²) >= 11 is 11.9. The van der Waals surface area contributed by atoms with Gasteiger partial charge in [-0.05, 0) is 39.0 Å². The third kappa shape index (κ3) is 4.32. The predicted molar refractivity (Wildman–Crippen MR) is 89.9 cm³/mol. The summed E-state index contributed by atoms with van der Waals surface area (Å²) in [6, 6.07) is 6.66. The Balaban J connectivity index is 2.25. The Morgan fingerprint density at radius 2 is 1.91 bits per heavy atom. The molecule has 1 amide bonds. The number of aryl methyl sites for hydroxylation is 1. The highest BCUT2D eigenvalue weighted by molar-refractivity contribution is 6.35. The van der Waals surface area contributed by atoms with Crippen molar-refractivity contribution in [2.45, 2.75) is 26.8 Å². The molecule has 2 rings (SSSR count). The quantitative estimate of drug-likeness (QED) is 0.878. The van der Waals surface area contributed by atoms with E-state index in [1.807, 2.05) is 13.8 Å². The van der Waals surface area contributed by atoms with Crippen molar-refractivity contribution < 1.29 is 4.79 Å². The lowest BCUT2D eigenvalue weighted by molar-refractivity contribution is 0.102. The van der Waals surface area contributed by atoms with Crippen LogP contribution < -0.4 is 10.6 Å². The first-order valence-electron chi connectivity index (χ1n) is 6.74. The Hall–Kier alpha value is -1.85. The second-order valence-corrected chi connectivity index (χ2v) is 5.91. The van der Waals surface area contributed by atoms with Gasteiger partial charge in [0, 0.05) is 17.1 Å². The molecule has 116 valence electrons. The van der Waals surface area contributed by atoms with Crippen LogP contribution in [0, 0.1) is 6.92 Å². The largest absolute Gasteiger partial charge is 0.368 e. The fraction of sp³-hybridized carbons (Fsp3) is 0.267. The van der Waals surface area contributed by atoms with Crippen molar-refractivity contribution in [2.75, 3.05) is 10.6 Å². The van der Waals surface area contributed by atoms with Gasteiger partial charge in [0.25, 0.3) is 5.91 Å². The molecule has 5 nitrogen and oxygen atoms in total. The summed E-state index contributed by atoms with van der Waals surface area (Å²) < 4.78 is 0. The van der Waals surface area contributed by atoms with Crippen LogP contribution in [0.25, 0.3) is 0 Å². The first kappa shape index (κ1) is 16.5. The normalized spacial score (nSPS) is 10.6. The van der Waals surface area contributed by atoms with Gasteiger partial charge in [-0.3, -0.25) is 4.79 Å². The number of carbonyl (C=O) groups excluding carboxylic acids is 1. The number of nitrogens with zero attached hydrogens (tertiary/aromatic N) is 2. The summed E-state index contributed by atoms with van der Waals surface area (Å²) in [7, 11) is 0. The Kier molecular flexibility index (Phi) is 5.21. The number of halogens is 2. The second kappa shape index (κ2) is 6.94. The Bertz CT molecular complexity index is 704. The van der Waals surface area contributed by atoms with Crippen molar-refractivity contribution in [3.05, 3.63) is 45.8 Å². The molecule has 1 aromatic carbocycles. The molecule has 0 radical (unpaired) electrons. The highest BCUT2D eigenvalue weighted by Gasteiger charge is 2.13. The zero-order chi connectivity index (χ0) is 16.3. The maximum atomic E-state index is 12.3. The van der Waals surface area contributed by atoms with Gasteiger partial charge in [0.15, 0.2) is 0 Å². The van der Waals surface area contributed by atoms with Gasteiger partial charge >= 0.3 is 0 Å². The molecule has 0 fully saturated rings. The Morgan fingerprint density at radius 3 is 2.59 bits per heavy atom. The monoisotopic (exact) mass is 338 g/mol. The smallest absolute Gasteiger partial charge is 0.274 e. The maximum absolute atomic E-state index is 12.3. The molecule has 1 heterocycles. The van der Waals surface area contributed by atoms with E-state index < -0.39 is 0 Å². The summed E-state index contributed by atoms with van der Waals surface area (Å²) in [6.45, 7) is 5.71. The standard InChI is InChI=1S/C15H16Cl2N4O/c1-8(2)18-14-7-13(19-9(3)20-14)15(22)21-12-6-10(16)4-5-11(12)17/h4-8H,1-3H3,(H,21,22)(H,18,19,20). The Labute approximate surface area is 139 Å². The van der Waals surface area contributed by atoms with E-state index in [-0.39, 0.29) is 17.6 Å². The minimum atomic E-state index is -0.374. The number of anilines is 2. The molecule has 7 heteroatoms. The van der Waals surface area contributed by atoms with Crippen LogP contribution in [-0.2, 0) is 0 Å². The zero-order valence-electron chi connectivity index (χ0n) is 12.4. The minimum Gasteiger partial charge on any atom is -0.368 e. The third-order valence-electron chi connectivity index (χ3n) is 2.68. The van der Waals surface area contributed by atoms with Crippen LogP contribution in [0.5, 0.6) is 0 Å². The summed E-state index contributed by atoms with van der Waals surface area (Å²) in [6.07, 6.45) is 0. The summed E-state index contributed by atoms with van der Waals surface area (Å²) in [4.78, 5) is 20.7. The van der Waals surface area contributed by atoms with E-state index in [1.165, 1.54) is 0 Å². The number of amides is 1. The molecule has 0 unspecified atom stereocenters. The summed E-state index contributed by atoms with van der Waals surface area (Å²) in [5, 5.41) is 6.74. The highest BCUT2D eigenvalue weighted by Crippen LogP contribution is 2.25. The summed E-state index contributed by atoms with van der Waals surface area (Å²) in [5.74, 6) is 0.735. The van der Waals surface area contributed by atoms with E-state index >= 15 is 0 Å². The molecule has 0 spiro atoms. The van der Waals surface area contributed by atoms with Crippen molar-refractivity contribution in [1.82, 2.24) is 9.97 Å². The fourth-order valence-corrected chi connectivity index (χ4v) is 2.17. The van der Waals surface area contributed by atoms with Crippen molar-refractivity contribution in [3.8, 4) is 0 Å². The molecule has 0 saturated heterocycles. The zero-order valence-corrected chi connectivity index (χ0v) is 14.0. The maximum Gasteiger partial charge on any atom is 0.274 e. The van der Waals surface area contributed by atoms with E-state index in [9.17, 15) is 4.79 Å². The lowest BCUT2D eigenvalue weighted by Crippen LogP contribution is -2.17. The van der Waals surface area contributed by atoms with Crippen LogP contribution in [0.4, 0.5) is 11.5 Å². The number of hydrogen-bond acceptors (Lipinski definition) is 4. The molecule has 22 heavy (non-hydrogen) atoms. The van der Waals surface area contributed by atoms with Crippen molar-refractivity contribution >= 4 is 40.6 Å². The van der Waals surface area contributed by atoms with E-state index in [0.29, 0.717) is 27.4 Å². The lowest BCUT2D eigenvalue weighted by atomic mass is 10.3. The molecule has 0 aliphatic rings. The van der Waals surface area contributed by atoms with E-state index in [2.05, 4.69) is 20.6 Å². The first-order valence-corrected chi connectivity index (χ1v) is 7.49. The summed E-state index contributed by atoms with van der Waals surface area (Å²) in [5.41, 5.74) is 0.695. The molecule has 1 aromatic heterocycles. The van der Waals surface area contributed by atoms with Crippen LogP contribution in [0.3, 0.4) is 0 Å². The molecule has 2 N–H and O–H groups in total. The molecule has 0 saturated carbocycles. The SMILES string of the molecule is Cc1nc(NC(C)C)cc(C(=O)Nc2cc(Cl)ccc2Cl)n1. The average Bonchev–Trinajstić information content (AvgIpc) is 2.41. The number of rotatable bonds is 4. The number of benzene rings is 1. The van der Waals surface area contributed by atoms with E-state index in [0.717, 1.165) is 0 Å². The first-order chi connectivity index (χ1) is 10.3. The number of nitrogens with one attached hydrogen (secondary N) is 2. The van der Waals surface area contributed by atoms with Gasteiger partial charge in [-0.25, -0.2) is 9.97 Å². The van der Waals surface area contributed by atoms with Crippen LogP contribution >= 0.6 is 23.2 Å². The topological polar surface area (TPSA) is 66.9 Å². The minimum absolute atomic E-state index is 0.201. The van der Waals surface area contributed by atoms with Crippen LogP contribution in [0.2, 0.25) is 10.0 Å². The van der Waals surface area contributed by atoms with Gasteiger partial charge in [0.1, 0.15) is 17.3 Å². The van der Waals surface area contributed by atoms with Gasteiger partial charge in [0.05, 0.1) is 10.7 Å². The van der Waals surface area contributed by atoms with Crippen molar-refractivity contribution in [1.29, 1.82) is 0 Å². The van der Waals surface area contributed by atoms with E-state index in [4.69, 9.17) is 23.2 Å². The van der Waals surface area contributed by atoms with E-state index in [1.54, 1.807) is 31.2 Å². The van der Waals surface area contributed by atoms with Gasteiger partial charge in [-0.2, -0.15) is 0 Å². The molecular formula is C15H16Cl2N4O. The third-order valence-corrected chi connectivity index (χ3v) is 3.25. The molecule has 0 atom stereocenters. The van der Waals surface area contributed by atoms with Crippen LogP contribution in [0.15, 0.2) is 24.3 Å². The van der Waals surface area contributed by atoms with Gasteiger partial charge in [-0.1, -0.05) is 23.2 Å². The molecular weight excluding hydrogens is 323 g/mol. The fourth-order valence-electron chi connectivity index (χ4n) is 1.83.